The van der Waals surface area contributed by atoms with Crippen LogP contribution in [0.15, 0.2) is 28.1 Å². The molecule has 0 saturated carbocycles. The summed E-state index contributed by atoms with van der Waals surface area (Å²) in [4.78, 5) is 1.37. The summed E-state index contributed by atoms with van der Waals surface area (Å²) in [5.41, 5.74) is 5.36. The van der Waals surface area contributed by atoms with E-state index in [0.717, 1.165) is 6.54 Å². The summed E-state index contributed by atoms with van der Waals surface area (Å²) in [6.45, 7) is 9.61. The van der Waals surface area contributed by atoms with Gasteiger partial charge >= 0.3 is 0 Å². The molecule has 3 heteroatoms. The zero-order valence-corrected chi connectivity index (χ0v) is 14.3. The molecule has 1 nitrogen and oxygen atoms in total. The van der Waals surface area contributed by atoms with E-state index in [2.05, 4.69) is 73.2 Å². The van der Waals surface area contributed by atoms with E-state index < -0.39 is 0 Å². The fourth-order valence-corrected chi connectivity index (χ4v) is 3.83. The van der Waals surface area contributed by atoms with Crippen molar-refractivity contribution in [1.29, 1.82) is 0 Å². The summed E-state index contributed by atoms with van der Waals surface area (Å²) in [6, 6.07) is 9.31. The number of nitrogens with one attached hydrogen (secondary N) is 1. The predicted molar refractivity (Wildman–Crippen MR) is 88.2 cm³/mol. The van der Waals surface area contributed by atoms with E-state index in [-0.39, 0.29) is 0 Å². The predicted octanol–water partition coefficient (Wildman–Crippen LogP) is 5.13. The lowest BCUT2D eigenvalue weighted by atomic mass is 10.00. The van der Waals surface area contributed by atoms with E-state index in [1.807, 2.05) is 11.3 Å². The second-order valence-corrected chi connectivity index (χ2v) is 7.34. The molecule has 0 aliphatic rings. The first-order valence-electron chi connectivity index (χ1n) is 6.59. The van der Waals surface area contributed by atoms with E-state index in [0.29, 0.717) is 6.04 Å². The van der Waals surface area contributed by atoms with Crippen LogP contribution in [0.4, 0.5) is 0 Å². The van der Waals surface area contributed by atoms with Crippen molar-refractivity contribution in [3.05, 3.63) is 55.2 Å². The Morgan fingerprint density at radius 2 is 1.84 bits per heavy atom. The van der Waals surface area contributed by atoms with E-state index in [4.69, 9.17) is 0 Å². The van der Waals surface area contributed by atoms with Gasteiger partial charge in [0.05, 0.1) is 9.83 Å². The van der Waals surface area contributed by atoms with Gasteiger partial charge in [0.2, 0.25) is 0 Å². The number of thiophene rings is 1. The Morgan fingerprint density at radius 1 is 1.11 bits per heavy atom. The second-order valence-electron chi connectivity index (χ2n) is 4.94. The van der Waals surface area contributed by atoms with Gasteiger partial charge in [0.25, 0.3) is 0 Å². The van der Waals surface area contributed by atoms with Gasteiger partial charge in [-0.1, -0.05) is 25.1 Å². The first kappa shape index (κ1) is 14.8. The van der Waals surface area contributed by atoms with Gasteiger partial charge in [-0.25, -0.2) is 0 Å². The minimum atomic E-state index is 0.291. The third-order valence-electron chi connectivity index (χ3n) is 3.43. The molecule has 19 heavy (non-hydrogen) atoms. The van der Waals surface area contributed by atoms with E-state index in [1.165, 1.54) is 30.9 Å². The molecule has 1 atom stereocenters. The van der Waals surface area contributed by atoms with Crippen molar-refractivity contribution in [1.82, 2.24) is 5.32 Å². The van der Waals surface area contributed by atoms with Crippen LogP contribution in [0.5, 0.6) is 0 Å². The van der Waals surface area contributed by atoms with Crippen LogP contribution in [0.3, 0.4) is 0 Å². The van der Waals surface area contributed by atoms with Crippen LogP contribution in [0.1, 0.15) is 40.1 Å². The Bertz CT molecular complexity index is 555. The maximum absolute atomic E-state index is 3.62. The van der Waals surface area contributed by atoms with Crippen molar-refractivity contribution in [3.8, 4) is 0 Å². The molecule has 2 aromatic rings. The van der Waals surface area contributed by atoms with Gasteiger partial charge in [-0.05, 0) is 71.6 Å². The molecule has 0 amide bonds. The maximum atomic E-state index is 3.62. The number of benzene rings is 1. The molecule has 1 aromatic heterocycles. The average Bonchev–Trinajstić information content (AvgIpc) is 2.70. The van der Waals surface area contributed by atoms with Gasteiger partial charge in [-0.3, -0.25) is 0 Å². The molecule has 1 aromatic carbocycles. The van der Waals surface area contributed by atoms with Crippen LogP contribution >= 0.6 is 27.3 Å². The smallest absolute Gasteiger partial charge is 0.0731 e. The van der Waals surface area contributed by atoms with Crippen molar-refractivity contribution in [2.45, 2.75) is 33.7 Å². The SMILES string of the molecule is CCNC(c1ccc(C)c(C)c1)c1cc(C)c(Br)s1. The first-order valence-corrected chi connectivity index (χ1v) is 8.20. The van der Waals surface area contributed by atoms with Gasteiger partial charge in [0.1, 0.15) is 0 Å². The number of halogens is 1. The fraction of sp³-hybridized carbons (Fsp3) is 0.375. The lowest BCUT2D eigenvalue weighted by molar-refractivity contribution is 0.639. The Kier molecular flexibility index (Phi) is 4.82. The maximum Gasteiger partial charge on any atom is 0.0731 e. The highest BCUT2D eigenvalue weighted by Gasteiger charge is 2.16. The summed E-state index contributed by atoms with van der Waals surface area (Å²) in [5.74, 6) is 0. The number of aryl methyl sites for hydroxylation is 3. The van der Waals surface area contributed by atoms with Crippen molar-refractivity contribution in [2.75, 3.05) is 6.54 Å². The molecular weight excluding hydrogens is 318 g/mol. The molecule has 0 radical (unpaired) electrons. The van der Waals surface area contributed by atoms with E-state index in [1.54, 1.807) is 0 Å². The van der Waals surface area contributed by atoms with Crippen LogP contribution in [-0.2, 0) is 0 Å². The van der Waals surface area contributed by atoms with Crippen molar-refractivity contribution in [3.63, 3.8) is 0 Å². The molecule has 2 rings (SSSR count). The number of rotatable bonds is 4. The number of hydrogen-bond acceptors (Lipinski definition) is 2. The summed E-state index contributed by atoms with van der Waals surface area (Å²) in [5, 5.41) is 3.59. The van der Waals surface area contributed by atoms with Gasteiger partial charge < -0.3 is 5.32 Å². The van der Waals surface area contributed by atoms with E-state index >= 15 is 0 Å². The van der Waals surface area contributed by atoms with Gasteiger partial charge in [-0.2, -0.15) is 0 Å². The molecule has 0 saturated heterocycles. The molecule has 1 unspecified atom stereocenters. The van der Waals surface area contributed by atoms with Gasteiger partial charge in [0, 0.05) is 4.88 Å². The summed E-state index contributed by atoms with van der Waals surface area (Å²) < 4.78 is 1.23. The molecule has 0 bridgehead atoms. The van der Waals surface area contributed by atoms with Crippen LogP contribution < -0.4 is 5.32 Å². The lowest BCUT2D eigenvalue weighted by Gasteiger charge is -2.18. The lowest BCUT2D eigenvalue weighted by Crippen LogP contribution is -2.21. The molecular formula is C16H20BrNS. The Balaban J connectivity index is 2.41. The number of hydrogen-bond donors (Lipinski definition) is 1. The topological polar surface area (TPSA) is 12.0 Å². The summed E-state index contributed by atoms with van der Waals surface area (Å²) in [6.07, 6.45) is 0. The molecule has 0 spiro atoms. The minimum Gasteiger partial charge on any atom is -0.306 e. The third kappa shape index (κ3) is 3.28. The zero-order valence-electron chi connectivity index (χ0n) is 11.9. The third-order valence-corrected chi connectivity index (χ3v) is 5.63. The molecule has 1 heterocycles. The van der Waals surface area contributed by atoms with Crippen molar-refractivity contribution in [2.24, 2.45) is 0 Å². The molecule has 1 N–H and O–H groups in total. The van der Waals surface area contributed by atoms with Gasteiger partial charge in [0.15, 0.2) is 0 Å². The van der Waals surface area contributed by atoms with Gasteiger partial charge in [-0.15, -0.1) is 11.3 Å². The summed E-state index contributed by atoms with van der Waals surface area (Å²) in [7, 11) is 0. The van der Waals surface area contributed by atoms with E-state index in [9.17, 15) is 0 Å². The largest absolute Gasteiger partial charge is 0.306 e. The monoisotopic (exact) mass is 337 g/mol. The zero-order chi connectivity index (χ0) is 14.0. The minimum absolute atomic E-state index is 0.291. The Hall–Kier alpha value is -0.640. The first-order chi connectivity index (χ1) is 9.02. The average molecular weight is 338 g/mol. The standard InChI is InChI=1S/C16H20BrNS/c1-5-18-15(14-9-12(4)16(17)19-14)13-7-6-10(2)11(3)8-13/h6-9,15,18H,5H2,1-4H3. The highest BCUT2D eigenvalue weighted by molar-refractivity contribution is 9.11. The second kappa shape index (κ2) is 6.21. The molecule has 0 fully saturated rings. The molecule has 0 aliphatic heterocycles. The highest BCUT2D eigenvalue weighted by Crippen LogP contribution is 2.34. The highest BCUT2D eigenvalue weighted by atomic mass is 79.9. The summed E-state index contributed by atoms with van der Waals surface area (Å²) >= 11 is 5.45. The van der Waals surface area contributed by atoms with Crippen LogP contribution in [0, 0.1) is 20.8 Å². The quantitative estimate of drug-likeness (QED) is 0.814. The van der Waals surface area contributed by atoms with Crippen LogP contribution in [0.25, 0.3) is 0 Å². The Morgan fingerprint density at radius 3 is 2.37 bits per heavy atom. The fourth-order valence-electron chi connectivity index (χ4n) is 2.16. The van der Waals surface area contributed by atoms with Crippen molar-refractivity contribution < 1.29 is 0 Å². The van der Waals surface area contributed by atoms with Crippen LogP contribution in [0.2, 0.25) is 0 Å². The Labute approximate surface area is 128 Å². The van der Waals surface area contributed by atoms with Crippen molar-refractivity contribution >= 4 is 27.3 Å². The normalized spacial score (nSPS) is 12.7. The molecule has 0 aliphatic carbocycles. The molecule has 102 valence electrons. The van der Waals surface area contributed by atoms with Crippen LogP contribution in [-0.4, -0.2) is 6.54 Å².